The molecular formula is C26H41O7-. The molecule has 0 bridgehead atoms. The van der Waals surface area contributed by atoms with E-state index in [-0.39, 0.29) is 30.1 Å². The van der Waals surface area contributed by atoms with Gasteiger partial charge < -0.3 is 30.0 Å². The van der Waals surface area contributed by atoms with Gasteiger partial charge in [0, 0.05) is 24.7 Å². The molecule has 2 aliphatic carbocycles. The van der Waals surface area contributed by atoms with E-state index in [9.17, 15) is 30.0 Å². The number of hydrogen-bond donors (Lipinski definition) is 3. The van der Waals surface area contributed by atoms with Gasteiger partial charge in [0.1, 0.15) is 6.10 Å². The predicted octanol–water partition coefficient (Wildman–Crippen LogP) is 2.28. The Balaban J connectivity index is 2.17. The fourth-order valence-corrected chi connectivity index (χ4v) is 5.52. The second-order valence-electron chi connectivity index (χ2n) is 9.86. The van der Waals surface area contributed by atoms with Crippen LogP contribution < -0.4 is 5.11 Å². The Hall–Kier alpha value is -1.70. The van der Waals surface area contributed by atoms with Gasteiger partial charge in [-0.05, 0) is 55.9 Å². The molecule has 7 atom stereocenters. The van der Waals surface area contributed by atoms with E-state index in [0.717, 1.165) is 5.57 Å². The maximum atomic E-state index is 13.2. The van der Waals surface area contributed by atoms with Gasteiger partial charge in [-0.15, -0.1) is 0 Å². The highest BCUT2D eigenvalue weighted by atomic mass is 16.5. The van der Waals surface area contributed by atoms with Gasteiger partial charge in [-0.2, -0.15) is 0 Å². The SMILES string of the molecule is CCC(CC)(CC)C(=O)O[C@H]1C[C@H](O)C=C2C=C[C@H](C)[C@H](CC[C@@H](O)C[C@@H](O)CC(=O)[O-])[C@H]21. The smallest absolute Gasteiger partial charge is 0.312 e. The zero-order valence-electron chi connectivity index (χ0n) is 20.4. The highest BCUT2D eigenvalue weighted by Crippen LogP contribution is 2.45. The number of carboxylic acid groups (broad SMARTS) is 1. The van der Waals surface area contributed by atoms with Crippen LogP contribution in [0.1, 0.15) is 79.1 Å². The number of hydrogen-bond acceptors (Lipinski definition) is 7. The van der Waals surface area contributed by atoms with Crippen molar-refractivity contribution in [2.45, 2.75) is 103 Å². The Morgan fingerprint density at radius 2 is 1.82 bits per heavy atom. The Bertz CT molecular complexity index is 716. The van der Waals surface area contributed by atoms with Crippen molar-refractivity contribution in [1.29, 1.82) is 0 Å². The van der Waals surface area contributed by atoms with Crippen LogP contribution in [0.2, 0.25) is 0 Å². The number of rotatable bonds is 12. The maximum absolute atomic E-state index is 13.2. The number of aliphatic carboxylic acids is 1. The lowest BCUT2D eigenvalue weighted by molar-refractivity contribution is -0.307. The van der Waals surface area contributed by atoms with E-state index in [1.54, 1.807) is 0 Å². The third kappa shape index (κ3) is 6.90. The molecular weight excluding hydrogens is 424 g/mol. The molecule has 0 amide bonds. The van der Waals surface area contributed by atoms with E-state index in [2.05, 4.69) is 13.0 Å². The molecule has 0 spiro atoms. The fourth-order valence-electron chi connectivity index (χ4n) is 5.52. The normalized spacial score (nSPS) is 29.1. The molecule has 188 valence electrons. The fraction of sp³-hybridized carbons (Fsp3) is 0.769. The second kappa shape index (κ2) is 12.1. The number of ether oxygens (including phenoxy) is 1. The second-order valence-corrected chi connectivity index (χ2v) is 9.86. The average Bonchev–Trinajstić information content (AvgIpc) is 2.74. The van der Waals surface area contributed by atoms with E-state index in [4.69, 9.17) is 4.74 Å². The molecule has 0 unspecified atom stereocenters. The molecule has 3 N–H and O–H groups in total. The molecule has 2 rings (SSSR count). The molecule has 0 aromatic heterocycles. The van der Waals surface area contributed by atoms with Crippen LogP contribution in [0.25, 0.3) is 0 Å². The number of fused-ring (bicyclic) bond motifs is 1. The van der Waals surface area contributed by atoms with E-state index in [1.165, 1.54) is 0 Å². The van der Waals surface area contributed by atoms with Gasteiger partial charge in [0.2, 0.25) is 0 Å². The van der Waals surface area contributed by atoms with E-state index < -0.39 is 42.2 Å². The predicted molar refractivity (Wildman–Crippen MR) is 123 cm³/mol. The van der Waals surface area contributed by atoms with Crippen molar-refractivity contribution in [2.75, 3.05) is 0 Å². The van der Waals surface area contributed by atoms with Crippen LogP contribution in [0.3, 0.4) is 0 Å². The van der Waals surface area contributed by atoms with Gasteiger partial charge in [-0.1, -0.05) is 45.9 Å². The van der Waals surface area contributed by atoms with Crippen LogP contribution in [-0.4, -0.2) is 51.7 Å². The van der Waals surface area contributed by atoms with Gasteiger partial charge >= 0.3 is 5.97 Å². The Labute approximate surface area is 197 Å². The quantitative estimate of drug-likeness (QED) is 0.377. The third-order valence-corrected chi connectivity index (χ3v) is 7.87. The highest BCUT2D eigenvalue weighted by Gasteiger charge is 2.44. The molecule has 0 radical (unpaired) electrons. The monoisotopic (exact) mass is 465 g/mol. The summed E-state index contributed by atoms with van der Waals surface area (Å²) in [6.45, 7) is 8.09. The number of esters is 1. The number of aliphatic hydroxyl groups excluding tert-OH is 3. The summed E-state index contributed by atoms with van der Waals surface area (Å²) in [6, 6.07) is 0. The maximum Gasteiger partial charge on any atom is 0.312 e. The van der Waals surface area contributed by atoms with Crippen molar-refractivity contribution in [1.82, 2.24) is 0 Å². The summed E-state index contributed by atoms with van der Waals surface area (Å²) in [5, 5.41) is 41.2. The molecule has 0 heterocycles. The van der Waals surface area contributed by atoms with Gasteiger partial charge in [0.15, 0.2) is 0 Å². The molecule has 0 aromatic carbocycles. The Kier molecular flexibility index (Phi) is 10.1. The lowest BCUT2D eigenvalue weighted by Crippen LogP contribution is -2.45. The van der Waals surface area contributed by atoms with Crippen molar-refractivity contribution in [3.63, 3.8) is 0 Å². The van der Waals surface area contributed by atoms with Gasteiger partial charge in [-0.3, -0.25) is 4.79 Å². The van der Waals surface area contributed by atoms with Crippen LogP contribution in [0.5, 0.6) is 0 Å². The largest absolute Gasteiger partial charge is 0.550 e. The van der Waals surface area contributed by atoms with Crippen molar-refractivity contribution in [2.24, 2.45) is 23.2 Å². The summed E-state index contributed by atoms with van der Waals surface area (Å²) in [5.74, 6) is -1.37. The molecule has 2 aliphatic rings. The zero-order chi connectivity index (χ0) is 24.8. The first-order valence-corrected chi connectivity index (χ1v) is 12.4. The standard InChI is InChI=1S/C26H42O7/c1-5-26(6-2,7-3)25(32)33-22-14-19(28)12-17-9-8-16(4)21(24(17)22)11-10-18(27)13-20(29)15-23(30)31/h8-9,12,16,18-22,24,27-29H,5-7,10-11,13-15H2,1-4H3,(H,30,31)/p-1/t16-,18+,19+,20+,21-,22-,24-/m0/s1. The molecule has 0 fully saturated rings. The molecule has 7 nitrogen and oxygen atoms in total. The highest BCUT2D eigenvalue weighted by molar-refractivity contribution is 5.77. The van der Waals surface area contributed by atoms with Gasteiger partial charge in [-0.25, -0.2) is 0 Å². The van der Waals surface area contributed by atoms with E-state index >= 15 is 0 Å². The zero-order valence-corrected chi connectivity index (χ0v) is 20.4. The molecule has 0 aromatic rings. The number of aliphatic hydroxyl groups is 3. The summed E-state index contributed by atoms with van der Waals surface area (Å²) in [4.78, 5) is 23.9. The van der Waals surface area contributed by atoms with Crippen LogP contribution in [-0.2, 0) is 14.3 Å². The van der Waals surface area contributed by atoms with Crippen molar-refractivity contribution in [3.05, 3.63) is 23.8 Å². The topological polar surface area (TPSA) is 127 Å². The summed E-state index contributed by atoms with van der Waals surface area (Å²) in [5.41, 5.74) is 0.430. The molecule has 0 saturated carbocycles. The number of carboxylic acids is 1. The Morgan fingerprint density at radius 3 is 2.39 bits per heavy atom. The van der Waals surface area contributed by atoms with Crippen molar-refractivity contribution >= 4 is 11.9 Å². The number of allylic oxidation sites excluding steroid dienone is 2. The van der Waals surface area contributed by atoms with Crippen LogP contribution in [0.4, 0.5) is 0 Å². The lowest BCUT2D eigenvalue weighted by Gasteiger charge is -2.44. The van der Waals surface area contributed by atoms with Crippen molar-refractivity contribution < 1.29 is 34.8 Å². The average molecular weight is 466 g/mol. The van der Waals surface area contributed by atoms with Crippen molar-refractivity contribution in [3.8, 4) is 0 Å². The van der Waals surface area contributed by atoms with Crippen LogP contribution >= 0.6 is 0 Å². The van der Waals surface area contributed by atoms with Crippen LogP contribution in [0.15, 0.2) is 23.8 Å². The van der Waals surface area contributed by atoms with Gasteiger partial charge in [0.25, 0.3) is 0 Å². The summed E-state index contributed by atoms with van der Waals surface area (Å²) in [6.07, 6.45) is 5.71. The van der Waals surface area contributed by atoms with Gasteiger partial charge in [0.05, 0.1) is 23.7 Å². The van der Waals surface area contributed by atoms with E-state index in [0.29, 0.717) is 38.5 Å². The summed E-state index contributed by atoms with van der Waals surface area (Å²) >= 11 is 0. The minimum absolute atomic E-state index is 0.0264. The Morgan fingerprint density at radius 1 is 1.18 bits per heavy atom. The lowest BCUT2D eigenvalue weighted by atomic mass is 9.66. The molecule has 7 heteroatoms. The first kappa shape index (κ1) is 27.5. The number of carbonyl (C=O) groups is 2. The minimum Gasteiger partial charge on any atom is -0.550 e. The summed E-state index contributed by atoms with van der Waals surface area (Å²) < 4.78 is 6.11. The summed E-state index contributed by atoms with van der Waals surface area (Å²) in [7, 11) is 0. The van der Waals surface area contributed by atoms with E-state index in [1.807, 2.05) is 32.9 Å². The number of carbonyl (C=O) groups excluding carboxylic acids is 2. The first-order valence-electron chi connectivity index (χ1n) is 12.4. The van der Waals surface area contributed by atoms with Crippen LogP contribution in [0, 0.1) is 23.2 Å². The third-order valence-electron chi connectivity index (χ3n) is 7.87. The molecule has 0 aliphatic heterocycles. The minimum atomic E-state index is -1.34. The first-order chi connectivity index (χ1) is 15.6. The molecule has 0 saturated heterocycles. The molecule has 33 heavy (non-hydrogen) atoms.